The molecule has 0 bridgehead atoms. The molecule has 0 N–H and O–H groups in total. The number of thiophene rings is 1. The Morgan fingerprint density at radius 2 is 1.56 bits per heavy atom. The van der Waals surface area contributed by atoms with Crippen LogP contribution in [0.4, 0.5) is 4.39 Å². The van der Waals surface area contributed by atoms with E-state index in [4.69, 9.17) is 0 Å². The standard InChI is InChI=1S/C26H19FNS.C18H24NSi.Ir/c1-15-11-16(2)25(17(3)12-15)18-9-10-28-23(13-18)22-6-4-5-21-20-8-7-19(27)14-24(20)29-26(21)22;1-14(2)11-16-12-17(15-9-7-6-8-10-15)19-13-18(16)20(3,4)5;/h4-5,7-14H,1-3H3;6-9,12-14H,11H2,1-5H3;/q2*-1;. The van der Waals surface area contributed by atoms with Gasteiger partial charge in [-0.25, -0.2) is 4.39 Å². The second-order valence-electron chi connectivity index (χ2n) is 14.4. The minimum Gasteiger partial charge on any atom is -0.305 e. The van der Waals surface area contributed by atoms with Crippen LogP contribution >= 0.6 is 11.3 Å². The van der Waals surface area contributed by atoms with Gasteiger partial charge >= 0.3 is 0 Å². The molecule has 2 nitrogen and oxygen atoms in total. The van der Waals surface area contributed by atoms with Crippen LogP contribution in [0, 0.1) is 44.6 Å². The molecule has 1 radical (unpaired) electrons. The van der Waals surface area contributed by atoms with Crippen molar-refractivity contribution in [1.82, 2.24) is 9.97 Å². The fourth-order valence-corrected chi connectivity index (χ4v) is 9.57. The Morgan fingerprint density at radius 3 is 2.24 bits per heavy atom. The SMILES string of the molecule is CC(C)Cc1cc(-c2[c-]cccc2)ncc1[Si](C)(C)C.Cc1cc(C)c(-c2ccnc(-c3[c-]ccc4c3sc3cc(F)ccc34)c2)c(C)c1.[Ir]. The van der Waals surface area contributed by atoms with Crippen molar-refractivity contribution in [1.29, 1.82) is 0 Å². The minimum atomic E-state index is -1.34. The Kier molecular flexibility index (Phi) is 11.7. The van der Waals surface area contributed by atoms with E-state index < -0.39 is 8.07 Å². The van der Waals surface area contributed by atoms with Gasteiger partial charge in [0, 0.05) is 37.2 Å². The van der Waals surface area contributed by atoms with Crippen molar-refractivity contribution >= 4 is 44.8 Å². The van der Waals surface area contributed by atoms with Gasteiger partial charge < -0.3 is 9.97 Å². The minimum absolute atomic E-state index is 0. The number of nitrogens with zero attached hydrogens (tertiary/aromatic N) is 2. The van der Waals surface area contributed by atoms with E-state index in [1.807, 2.05) is 42.6 Å². The maximum absolute atomic E-state index is 13.7. The summed E-state index contributed by atoms with van der Waals surface area (Å²) in [4.78, 5) is 9.34. The van der Waals surface area contributed by atoms with E-state index in [-0.39, 0.29) is 25.9 Å². The van der Waals surface area contributed by atoms with Crippen LogP contribution in [0.1, 0.15) is 36.1 Å². The van der Waals surface area contributed by atoms with Crippen molar-refractivity contribution in [2.24, 2.45) is 5.92 Å². The Labute approximate surface area is 315 Å². The third kappa shape index (κ3) is 8.21. The first kappa shape index (κ1) is 37.5. The van der Waals surface area contributed by atoms with Gasteiger partial charge in [0.25, 0.3) is 0 Å². The molecule has 7 aromatic rings. The molecule has 0 saturated carbocycles. The van der Waals surface area contributed by atoms with Gasteiger partial charge in [0.05, 0.1) is 8.07 Å². The van der Waals surface area contributed by atoms with E-state index in [1.54, 1.807) is 17.4 Å². The largest absolute Gasteiger partial charge is 0.305 e. The average molecular weight is 871 g/mol. The molecule has 4 aromatic carbocycles. The van der Waals surface area contributed by atoms with E-state index in [9.17, 15) is 4.39 Å². The molecule has 50 heavy (non-hydrogen) atoms. The summed E-state index contributed by atoms with van der Waals surface area (Å²) in [5.41, 5.74) is 11.7. The van der Waals surface area contributed by atoms with Gasteiger partial charge in [-0.2, -0.15) is 11.3 Å². The van der Waals surface area contributed by atoms with Gasteiger partial charge in [-0.3, -0.25) is 0 Å². The van der Waals surface area contributed by atoms with Crippen LogP contribution in [0.5, 0.6) is 0 Å². The van der Waals surface area contributed by atoms with Gasteiger partial charge in [0.2, 0.25) is 0 Å². The van der Waals surface area contributed by atoms with Crippen molar-refractivity contribution in [3.8, 4) is 33.6 Å². The van der Waals surface area contributed by atoms with Crippen LogP contribution in [-0.2, 0) is 26.5 Å². The van der Waals surface area contributed by atoms with Crippen molar-refractivity contribution in [3.05, 3.63) is 138 Å². The molecule has 0 aliphatic rings. The summed E-state index contributed by atoms with van der Waals surface area (Å²) in [5.74, 6) is 0.458. The van der Waals surface area contributed by atoms with Gasteiger partial charge in [-0.1, -0.05) is 80.3 Å². The Balaban J connectivity index is 0.000000204. The molecule has 0 unspecified atom stereocenters. The number of aromatic nitrogens is 2. The van der Waals surface area contributed by atoms with Crippen LogP contribution in [-0.4, -0.2) is 18.0 Å². The molecule has 257 valence electrons. The van der Waals surface area contributed by atoms with Crippen LogP contribution in [0.25, 0.3) is 53.8 Å². The number of hydrogen-bond acceptors (Lipinski definition) is 3. The maximum Gasteiger partial charge on any atom is 0.124 e. The smallest absolute Gasteiger partial charge is 0.124 e. The Morgan fingerprint density at radius 1 is 0.800 bits per heavy atom. The van der Waals surface area contributed by atoms with E-state index in [0.29, 0.717) is 5.92 Å². The summed E-state index contributed by atoms with van der Waals surface area (Å²) in [6.07, 6.45) is 5.10. The predicted octanol–water partition coefficient (Wildman–Crippen LogP) is 11.9. The van der Waals surface area contributed by atoms with Crippen molar-refractivity contribution in [3.63, 3.8) is 0 Å². The number of aryl methyl sites for hydroxylation is 3. The van der Waals surface area contributed by atoms with Crippen LogP contribution in [0.3, 0.4) is 0 Å². The molecule has 0 spiro atoms. The van der Waals surface area contributed by atoms with Crippen LogP contribution in [0.15, 0.2) is 97.3 Å². The van der Waals surface area contributed by atoms with Crippen molar-refractivity contribution in [2.45, 2.75) is 60.7 Å². The second kappa shape index (κ2) is 15.6. The number of pyridine rings is 2. The van der Waals surface area contributed by atoms with E-state index in [1.165, 1.54) is 39.1 Å². The molecule has 0 atom stereocenters. The average Bonchev–Trinajstić information content (AvgIpc) is 3.42. The summed E-state index contributed by atoms with van der Waals surface area (Å²) >= 11 is 1.60. The van der Waals surface area contributed by atoms with Crippen molar-refractivity contribution < 1.29 is 24.5 Å². The summed E-state index contributed by atoms with van der Waals surface area (Å²) in [6, 6.07) is 34.6. The third-order valence-corrected chi connectivity index (χ3v) is 12.0. The van der Waals surface area contributed by atoms with Gasteiger partial charge in [0.1, 0.15) is 5.82 Å². The second-order valence-corrected chi connectivity index (χ2v) is 20.5. The topological polar surface area (TPSA) is 25.8 Å². The molecule has 0 aliphatic heterocycles. The van der Waals surface area contributed by atoms with E-state index in [2.05, 4.69) is 119 Å². The molecule has 0 saturated heterocycles. The number of benzene rings is 4. The monoisotopic (exact) mass is 871 g/mol. The third-order valence-electron chi connectivity index (χ3n) is 8.79. The Hall–Kier alpha value is -3.80. The zero-order valence-electron chi connectivity index (χ0n) is 30.0. The molecular formula is C44H43FIrN2SSi-2. The van der Waals surface area contributed by atoms with Crippen molar-refractivity contribution in [2.75, 3.05) is 0 Å². The number of hydrogen-bond donors (Lipinski definition) is 0. The molecular weight excluding hydrogens is 828 g/mol. The van der Waals surface area contributed by atoms with Gasteiger partial charge in [-0.15, -0.1) is 59.7 Å². The van der Waals surface area contributed by atoms with Crippen LogP contribution in [0.2, 0.25) is 19.6 Å². The number of fused-ring (bicyclic) bond motifs is 3. The zero-order valence-corrected chi connectivity index (χ0v) is 34.2. The molecule has 0 fully saturated rings. The fraction of sp³-hybridized carbons (Fsp3) is 0.227. The molecule has 0 aliphatic carbocycles. The summed E-state index contributed by atoms with van der Waals surface area (Å²) in [7, 11) is -1.34. The summed E-state index contributed by atoms with van der Waals surface area (Å²) in [5, 5.41) is 3.68. The molecule has 0 amide bonds. The fourth-order valence-electron chi connectivity index (χ4n) is 6.74. The number of halogens is 1. The predicted molar refractivity (Wildman–Crippen MR) is 211 cm³/mol. The summed E-state index contributed by atoms with van der Waals surface area (Å²) in [6.45, 7) is 18.2. The van der Waals surface area contributed by atoms with Gasteiger partial charge in [-0.05, 0) is 100 Å². The first-order valence-corrected chi connectivity index (χ1v) is 21.2. The normalized spacial score (nSPS) is 11.4. The molecule has 7 rings (SSSR count). The molecule has 6 heteroatoms. The number of rotatable bonds is 6. The first-order valence-electron chi connectivity index (χ1n) is 16.9. The van der Waals surface area contributed by atoms with Gasteiger partial charge in [0.15, 0.2) is 0 Å². The first-order chi connectivity index (χ1) is 23.4. The van der Waals surface area contributed by atoms with E-state index in [0.717, 1.165) is 54.7 Å². The summed E-state index contributed by atoms with van der Waals surface area (Å²) < 4.78 is 15.8. The molecule has 3 heterocycles. The van der Waals surface area contributed by atoms with E-state index >= 15 is 0 Å². The zero-order chi connectivity index (χ0) is 34.9. The maximum atomic E-state index is 13.7. The Bertz CT molecular complexity index is 2250. The van der Waals surface area contributed by atoms with Crippen LogP contribution < -0.4 is 5.19 Å². The quantitative estimate of drug-likeness (QED) is 0.123. The molecule has 3 aromatic heterocycles.